The van der Waals surface area contributed by atoms with Crippen LogP contribution < -0.4 is 0 Å². The van der Waals surface area contributed by atoms with Gasteiger partial charge in [0.1, 0.15) is 0 Å². The standard InChI is InChI=1S/C28H26N4O/c1-3-21-5-9-23(10-6-21)27(15-13-25-17-29-19-31-25)33-28(16-14-26-18-30-20-32-26)24-11-7-22(4-2)8-12-24/h1-2,5-12,17-20,27-28H,13-16H2,(H,29,31)(H,30,32). The van der Waals surface area contributed by atoms with E-state index >= 15 is 0 Å². The quantitative estimate of drug-likeness (QED) is 0.339. The van der Waals surface area contributed by atoms with E-state index in [1.54, 1.807) is 12.7 Å². The molecule has 0 fully saturated rings. The zero-order valence-electron chi connectivity index (χ0n) is 18.4. The van der Waals surface area contributed by atoms with Gasteiger partial charge in [-0.25, -0.2) is 9.97 Å². The van der Waals surface area contributed by atoms with Crippen molar-refractivity contribution < 1.29 is 4.74 Å². The van der Waals surface area contributed by atoms with Crippen LogP contribution in [0.4, 0.5) is 0 Å². The van der Waals surface area contributed by atoms with E-state index in [9.17, 15) is 0 Å². The van der Waals surface area contributed by atoms with Crippen molar-refractivity contribution >= 4 is 0 Å². The molecule has 4 aromatic rings. The number of hydrogen-bond donors (Lipinski definition) is 2. The Kier molecular flexibility index (Phi) is 7.38. The summed E-state index contributed by atoms with van der Waals surface area (Å²) in [6.07, 6.45) is 21.2. The third kappa shape index (κ3) is 6.01. The molecule has 0 aliphatic rings. The average Bonchev–Trinajstić information content (AvgIpc) is 3.58. The maximum Gasteiger partial charge on any atom is 0.0921 e. The molecule has 2 unspecified atom stereocenters. The topological polar surface area (TPSA) is 66.6 Å². The lowest BCUT2D eigenvalue weighted by Crippen LogP contribution is -2.13. The smallest absolute Gasteiger partial charge is 0.0921 e. The van der Waals surface area contributed by atoms with Crippen LogP contribution in [-0.2, 0) is 17.6 Å². The Hall–Kier alpha value is -4.06. The minimum absolute atomic E-state index is 0.112. The van der Waals surface area contributed by atoms with Crippen LogP contribution in [0.3, 0.4) is 0 Å². The highest BCUT2D eigenvalue weighted by Crippen LogP contribution is 2.33. The van der Waals surface area contributed by atoms with E-state index in [1.807, 2.05) is 36.7 Å². The Morgan fingerprint density at radius 2 is 1.12 bits per heavy atom. The molecule has 33 heavy (non-hydrogen) atoms. The van der Waals surface area contributed by atoms with E-state index in [4.69, 9.17) is 17.6 Å². The highest BCUT2D eigenvalue weighted by molar-refractivity contribution is 5.36. The third-order valence-electron chi connectivity index (χ3n) is 5.69. The van der Waals surface area contributed by atoms with Crippen molar-refractivity contribution in [2.24, 2.45) is 0 Å². The van der Waals surface area contributed by atoms with Crippen LogP contribution >= 0.6 is 0 Å². The number of imidazole rings is 2. The van der Waals surface area contributed by atoms with Crippen LogP contribution in [-0.4, -0.2) is 19.9 Å². The van der Waals surface area contributed by atoms with E-state index < -0.39 is 0 Å². The van der Waals surface area contributed by atoms with Gasteiger partial charge >= 0.3 is 0 Å². The molecule has 2 aromatic carbocycles. The van der Waals surface area contributed by atoms with Crippen LogP contribution in [0.2, 0.25) is 0 Å². The molecule has 2 atom stereocenters. The van der Waals surface area contributed by atoms with Crippen LogP contribution in [0.1, 0.15) is 58.7 Å². The minimum atomic E-state index is -0.112. The molecule has 0 bridgehead atoms. The zero-order chi connectivity index (χ0) is 22.9. The Morgan fingerprint density at radius 3 is 1.45 bits per heavy atom. The predicted molar refractivity (Wildman–Crippen MR) is 129 cm³/mol. The van der Waals surface area contributed by atoms with Crippen LogP contribution in [0.15, 0.2) is 73.6 Å². The van der Waals surface area contributed by atoms with Gasteiger partial charge in [0.15, 0.2) is 0 Å². The van der Waals surface area contributed by atoms with E-state index in [0.717, 1.165) is 59.3 Å². The Bertz CT molecular complexity index is 1100. The predicted octanol–water partition coefficient (Wildman–Crippen LogP) is 5.16. The number of rotatable bonds is 10. The number of benzene rings is 2. The lowest BCUT2D eigenvalue weighted by atomic mass is 9.99. The number of H-pyrrole nitrogens is 2. The van der Waals surface area contributed by atoms with Crippen molar-refractivity contribution in [1.29, 1.82) is 0 Å². The second-order valence-electron chi connectivity index (χ2n) is 7.88. The largest absolute Gasteiger partial charge is 0.366 e. The number of nitrogens with one attached hydrogen (secondary N) is 2. The molecule has 4 rings (SSSR count). The normalized spacial score (nSPS) is 12.5. The van der Waals surface area contributed by atoms with Crippen molar-refractivity contribution in [2.45, 2.75) is 37.9 Å². The summed E-state index contributed by atoms with van der Waals surface area (Å²) in [5, 5.41) is 0. The molecule has 2 aromatic heterocycles. The van der Waals surface area contributed by atoms with E-state index in [-0.39, 0.29) is 12.2 Å². The number of nitrogens with zero attached hydrogens (tertiary/aromatic N) is 2. The van der Waals surface area contributed by atoms with Gasteiger partial charge in [-0.1, -0.05) is 36.1 Å². The molecule has 0 saturated heterocycles. The minimum Gasteiger partial charge on any atom is -0.366 e. The number of aromatic amines is 2. The van der Waals surface area contributed by atoms with Crippen LogP contribution in [0, 0.1) is 24.7 Å². The molecule has 0 saturated carbocycles. The third-order valence-corrected chi connectivity index (χ3v) is 5.69. The van der Waals surface area contributed by atoms with E-state index in [2.05, 4.69) is 56.0 Å². The molecule has 0 aliphatic carbocycles. The summed E-state index contributed by atoms with van der Waals surface area (Å²) < 4.78 is 6.79. The molecular weight excluding hydrogens is 408 g/mol. The first kappa shape index (κ1) is 22.1. The monoisotopic (exact) mass is 434 g/mol. The summed E-state index contributed by atoms with van der Waals surface area (Å²) in [4.78, 5) is 14.6. The van der Waals surface area contributed by atoms with Gasteiger partial charge in [-0.3, -0.25) is 0 Å². The molecule has 0 aliphatic heterocycles. The highest BCUT2D eigenvalue weighted by Gasteiger charge is 2.21. The van der Waals surface area contributed by atoms with Crippen molar-refractivity contribution in [3.63, 3.8) is 0 Å². The van der Waals surface area contributed by atoms with E-state index in [1.165, 1.54) is 0 Å². The van der Waals surface area contributed by atoms with Gasteiger partial charge in [-0.05, 0) is 61.1 Å². The van der Waals surface area contributed by atoms with Gasteiger partial charge in [-0.2, -0.15) is 0 Å². The molecule has 164 valence electrons. The molecule has 2 heterocycles. The molecule has 5 heteroatoms. The molecular formula is C28H26N4O. The Labute approximate surface area is 194 Å². The maximum absolute atomic E-state index is 6.79. The van der Waals surface area contributed by atoms with Crippen molar-refractivity contribution in [1.82, 2.24) is 19.9 Å². The van der Waals surface area contributed by atoms with Gasteiger partial charge in [0.2, 0.25) is 0 Å². The SMILES string of the molecule is C#Cc1ccc(C(CCc2cnc[nH]2)OC(CCc2cnc[nH]2)c2ccc(C#C)cc2)cc1. The first-order valence-electron chi connectivity index (χ1n) is 11.0. The van der Waals surface area contributed by atoms with E-state index in [0.29, 0.717) is 0 Å². The maximum atomic E-state index is 6.79. The summed E-state index contributed by atoms with van der Waals surface area (Å²) in [6.45, 7) is 0. The fraction of sp³-hybridized carbons (Fsp3) is 0.214. The van der Waals surface area contributed by atoms with Gasteiger partial charge in [0.25, 0.3) is 0 Å². The average molecular weight is 435 g/mol. The lowest BCUT2D eigenvalue weighted by molar-refractivity contribution is -0.0239. The summed E-state index contributed by atoms with van der Waals surface area (Å²) in [7, 11) is 0. The van der Waals surface area contributed by atoms with Crippen molar-refractivity contribution in [3.05, 3.63) is 107 Å². The van der Waals surface area contributed by atoms with Crippen molar-refractivity contribution in [2.75, 3.05) is 0 Å². The second-order valence-corrected chi connectivity index (χ2v) is 7.88. The fourth-order valence-corrected chi connectivity index (χ4v) is 3.83. The highest BCUT2D eigenvalue weighted by atomic mass is 16.5. The summed E-state index contributed by atoms with van der Waals surface area (Å²) in [5.74, 6) is 5.36. The van der Waals surface area contributed by atoms with Crippen LogP contribution in [0.5, 0.6) is 0 Å². The summed E-state index contributed by atoms with van der Waals surface area (Å²) >= 11 is 0. The molecule has 0 amide bonds. The first-order chi connectivity index (χ1) is 16.2. The fourth-order valence-electron chi connectivity index (χ4n) is 3.83. The molecule has 2 N–H and O–H groups in total. The number of aryl methyl sites for hydroxylation is 2. The Balaban J connectivity index is 1.58. The van der Waals surface area contributed by atoms with Crippen molar-refractivity contribution in [3.8, 4) is 24.7 Å². The van der Waals surface area contributed by atoms with Gasteiger partial charge in [0, 0.05) is 34.9 Å². The first-order valence-corrected chi connectivity index (χ1v) is 11.0. The van der Waals surface area contributed by atoms with Crippen LogP contribution in [0.25, 0.3) is 0 Å². The number of terminal acetylenes is 2. The summed E-state index contributed by atoms with van der Waals surface area (Å²) in [5.41, 5.74) is 6.06. The molecule has 5 nitrogen and oxygen atoms in total. The Morgan fingerprint density at radius 1 is 0.697 bits per heavy atom. The molecule has 0 spiro atoms. The zero-order valence-corrected chi connectivity index (χ0v) is 18.4. The number of hydrogen-bond acceptors (Lipinski definition) is 3. The van der Waals surface area contributed by atoms with Gasteiger partial charge < -0.3 is 14.7 Å². The van der Waals surface area contributed by atoms with Gasteiger partial charge in [-0.15, -0.1) is 12.8 Å². The molecule has 0 radical (unpaired) electrons. The second kappa shape index (κ2) is 11.0. The van der Waals surface area contributed by atoms with Gasteiger partial charge in [0.05, 0.1) is 24.9 Å². The number of ether oxygens (including phenoxy) is 1. The lowest BCUT2D eigenvalue weighted by Gasteiger charge is -2.26. The summed E-state index contributed by atoms with van der Waals surface area (Å²) in [6, 6.07) is 16.1. The number of aromatic nitrogens is 4.